The van der Waals surface area contributed by atoms with Gasteiger partial charge in [-0.2, -0.15) is 0 Å². The van der Waals surface area contributed by atoms with E-state index in [4.69, 9.17) is 0 Å². The molecule has 0 saturated carbocycles. The van der Waals surface area contributed by atoms with Crippen molar-refractivity contribution in [2.24, 2.45) is 0 Å². The Hall–Kier alpha value is -1.85. The highest BCUT2D eigenvalue weighted by molar-refractivity contribution is 7.98. The van der Waals surface area contributed by atoms with Crippen LogP contribution < -0.4 is 5.32 Å². The molecule has 1 atom stereocenters. The van der Waals surface area contributed by atoms with Crippen LogP contribution in [0.25, 0.3) is 0 Å². The van der Waals surface area contributed by atoms with Crippen LogP contribution >= 0.6 is 11.8 Å². The molecule has 5 heteroatoms. The zero-order valence-corrected chi connectivity index (χ0v) is 13.2. The standard InChI is InChI=1S/C17H19NO3S/c1-22-17-12-5-6-18-9-14(10-3-2-4-11(19)7-10)13(12)8-15(20)16(17)21/h2-4,7-8,14,18-21H,5-6,9H2,1H3. The van der Waals surface area contributed by atoms with Crippen LogP contribution in [0.3, 0.4) is 0 Å². The Morgan fingerprint density at radius 1 is 1.18 bits per heavy atom. The van der Waals surface area contributed by atoms with Crippen LogP contribution in [0.4, 0.5) is 0 Å². The fourth-order valence-corrected chi connectivity index (χ4v) is 3.85. The molecule has 1 unspecified atom stereocenters. The van der Waals surface area contributed by atoms with E-state index in [0.717, 1.165) is 41.1 Å². The van der Waals surface area contributed by atoms with Gasteiger partial charge in [-0.25, -0.2) is 0 Å². The fraction of sp³-hybridized carbons (Fsp3) is 0.294. The third-order valence-corrected chi connectivity index (χ3v) is 4.97. The number of aromatic hydroxyl groups is 3. The highest BCUT2D eigenvalue weighted by Crippen LogP contribution is 2.44. The van der Waals surface area contributed by atoms with Crippen LogP contribution in [0.15, 0.2) is 35.2 Å². The molecule has 2 aromatic carbocycles. The normalized spacial score (nSPS) is 17.8. The summed E-state index contributed by atoms with van der Waals surface area (Å²) in [6.45, 7) is 1.55. The summed E-state index contributed by atoms with van der Waals surface area (Å²) >= 11 is 1.45. The maximum atomic E-state index is 10.1. The molecule has 1 heterocycles. The van der Waals surface area contributed by atoms with Gasteiger partial charge in [0.25, 0.3) is 0 Å². The van der Waals surface area contributed by atoms with Crippen molar-refractivity contribution in [1.82, 2.24) is 5.32 Å². The maximum Gasteiger partial charge on any atom is 0.171 e. The van der Waals surface area contributed by atoms with Crippen LogP contribution in [0.2, 0.25) is 0 Å². The van der Waals surface area contributed by atoms with Gasteiger partial charge in [-0.05, 0) is 54.1 Å². The lowest BCUT2D eigenvalue weighted by atomic mass is 9.87. The van der Waals surface area contributed by atoms with Crippen molar-refractivity contribution in [3.8, 4) is 17.2 Å². The summed E-state index contributed by atoms with van der Waals surface area (Å²) in [7, 11) is 0. The van der Waals surface area contributed by atoms with Gasteiger partial charge in [0, 0.05) is 12.5 Å². The molecular weight excluding hydrogens is 298 g/mol. The SMILES string of the molecule is CSc1c(O)c(O)cc2c1CCNCC2c1cccc(O)c1. The summed E-state index contributed by atoms with van der Waals surface area (Å²) in [6, 6.07) is 8.86. The van der Waals surface area contributed by atoms with E-state index in [2.05, 4.69) is 5.32 Å². The molecule has 4 nitrogen and oxygen atoms in total. The van der Waals surface area contributed by atoms with E-state index < -0.39 is 0 Å². The summed E-state index contributed by atoms with van der Waals surface area (Å²) in [5, 5.41) is 33.3. The van der Waals surface area contributed by atoms with Crippen molar-refractivity contribution in [3.05, 3.63) is 47.0 Å². The molecule has 3 rings (SSSR count). The third-order valence-electron chi connectivity index (χ3n) is 4.12. The Kier molecular flexibility index (Phi) is 4.18. The van der Waals surface area contributed by atoms with Crippen molar-refractivity contribution in [1.29, 1.82) is 0 Å². The van der Waals surface area contributed by atoms with Gasteiger partial charge < -0.3 is 20.6 Å². The molecule has 22 heavy (non-hydrogen) atoms. The monoisotopic (exact) mass is 317 g/mol. The minimum Gasteiger partial charge on any atom is -0.508 e. The topological polar surface area (TPSA) is 72.7 Å². The predicted octanol–water partition coefficient (Wildman–Crippen LogP) is 2.80. The molecule has 1 aliphatic rings. The van der Waals surface area contributed by atoms with Crippen LogP contribution in [0.5, 0.6) is 17.2 Å². The van der Waals surface area contributed by atoms with Gasteiger partial charge in [0.1, 0.15) is 5.75 Å². The summed E-state index contributed by atoms with van der Waals surface area (Å²) < 4.78 is 0. The summed E-state index contributed by atoms with van der Waals surface area (Å²) in [5.41, 5.74) is 3.07. The molecule has 0 radical (unpaired) electrons. The quantitative estimate of drug-likeness (QED) is 0.506. The van der Waals surface area contributed by atoms with Crippen LogP contribution in [-0.4, -0.2) is 34.7 Å². The highest BCUT2D eigenvalue weighted by Gasteiger charge is 2.25. The van der Waals surface area contributed by atoms with E-state index in [0.29, 0.717) is 0 Å². The van der Waals surface area contributed by atoms with Crippen molar-refractivity contribution in [2.75, 3.05) is 19.3 Å². The lowest BCUT2D eigenvalue weighted by molar-refractivity contribution is 0.393. The summed E-state index contributed by atoms with van der Waals surface area (Å²) in [4.78, 5) is 0.740. The van der Waals surface area contributed by atoms with Gasteiger partial charge in [-0.15, -0.1) is 11.8 Å². The molecule has 1 aliphatic heterocycles. The summed E-state index contributed by atoms with van der Waals surface area (Å²) in [5.74, 6) is 0.136. The Morgan fingerprint density at radius 3 is 2.73 bits per heavy atom. The largest absolute Gasteiger partial charge is 0.508 e. The van der Waals surface area contributed by atoms with E-state index in [1.807, 2.05) is 18.4 Å². The van der Waals surface area contributed by atoms with Crippen LogP contribution in [0.1, 0.15) is 22.6 Å². The first-order chi connectivity index (χ1) is 10.6. The molecule has 0 aromatic heterocycles. The van der Waals surface area contributed by atoms with Gasteiger partial charge in [-0.3, -0.25) is 0 Å². The van der Waals surface area contributed by atoms with Crippen molar-refractivity contribution < 1.29 is 15.3 Å². The van der Waals surface area contributed by atoms with Gasteiger partial charge in [-0.1, -0.05) is 12.1 Å². The second-order valence-electron chi connectivity index (χ2n) is 5.45. The first-order valence-electron chi connectivity index (χ1n) is 7.23. The fourth-order valence-electron chi connectivity index (χ4n) is 3.09. The van der Waals surface area contributed by atoms with Gasteiger partial charge in [0.05, 0.1) is 4.90 Å². The van der Waals surface area contributed by atoms with E-state index in [9.17, 15) is 15.3 Å². The molecule has 0 fully saturated rings. The lowest BCUT2D eigenvalue weighted by Gasteiger charge is -2.21. The molecule has 116 valence electrons. The molecule has 4 N–H and O–H groups in total. The maximum absolute atomic E-state index is 10.1. The average molecular weight is 317 g/mol. The second kappa shape index (κ2) is 6.10. The lowest BCUT2D eigenvalue weighted by Crippen LogP contribution is -2.20. The average Bonchev–Trinajstić information content (AvgIpc) is 2.71. The Bertz CT molecular complexity index is 703. The van der Waals surface area contributed by atoms with Gasteiger partial charge in [0.15, 0.2) is 11.5 Å². The first kappa shape index (κ1) is 15.1. The number of phenols is 3. The van der Waals surface area contributed by atoms with Gasteiger partial charge in [0.2, 0.25) is 0 Å². The van der Waals surface area contributed by atoms with E-state index >= 15 is 0 Å². The van der Waals surface area contributed by atoms with Crippen LogP contribution in [0, 0.1) is 0 Å². The van der Waals surface area contributed by atoms with Crippen molar-refractivity contribution in [3.63, 3.8) is 0 Å². The van der Waals surface area contributed by atoms with E-state index in [-0.39, 0.29) is 23.2 Å². The molecule has 0 saturated heterocycles. The Balaban J connectivity index is 2.19. The zero-order chi connectivity index (χ0) is 15.7. The molecular formula is C17H19NO3S. The predicted molar refractivity (Wildman–Crippen MR) is 88.1 cm³/mol. The number of fused-ring (bicyclic) bond motifs is 1. The minimum absolute atomic E-state index is 0.0296. The van der Waals surface area contributed by atoms with Gasteiger partial charge >= 0.3 is 0 Å². The molecule has 0 bridgehead atoms. The summed E-state index contributed by atoms with van der Waals surface area (Å²) in [6.07, 6.45) is 2.70. The second-order valence-corrected chi connectivity index (χ2v) is 6.26. The van der Waals surface area contributed by atoms with Crippen LogP contribution in [-0.2, 0) is 6.42 Å². The number of nitrogens with one attached hydrogen (secondary N) is 1. The first-order valence-corrected chi connectivity index (χ1v) is 8.45. The molecule has 2 aromatic rings. The molecule has 0 spiro atoms. The number of hydrogen-bond acceptors (Lipinski definition) is 5. The number of rotatable bonds is 2. The van der Waals surface area contributed by atoms with Crippen molar-refractivity contribution in [2.45, 2.75) is 17.2 Å². The molecule has 0 aliphatic carbocycles. The Morgan fingerprint density at radius 2 is 2.00 bits per heavy atom. The zero-order valence-electron chi connectivity index (χ0n) is 12.3. The highest BCUT2D eigenvalue weighted by atomic mass is 32.2. The third kappa shape index (κ3) is 2.62. The van der Waals surface area contributed by atoms with E-state index in [1.54, 1.807) is 18.2 Å². The minimum atomic E-state index is -0.0878. The number of phenolic OH excluding ortho intramolecular Hbond substituents is 3. The van der Waals surface area contributed by atoms with E-state index in [1.165, 1.54) is 11.8 Å². The number of benzene rings is 2. The number of hydrogen-bond donors (Lipinski definition) is 4. The number of thioether (sulfide) groups is 1. The smallest absolute Gasteiger partial charge is 0.171 e. The molecule has 0 amide bonds. The Labute approximate surface area is 133 Å². The van der Waals surface area contributed by atoms with Crippen molar-refractivity contribution >= 4 is 11.8 Å².